The van der Waals surface area contributed by atoms with Gasteiger partial charge in [-0.05, 0) is 31.0 Å². The second-order valence-corrected chi connectivity index (χ2v) is 5.26. The van der Waals surface area contributed by atoms with Crippen molar-refractivity contribution < 1.29 is 14.3 Å². The molecule has 2 rings (SSSR count). The molecule has 1 amide bonds. The fraction of sp³-hybridized carbons (Fsp3) is 0.562. The van der Waals surface area contributed by atoms with E-state index < -0.39 is 0 Å². The van der Waals surface area contributed by atoms with Gasteiger partial charge in [0.05, 0.1) is 5.92 Å². The summed E-state index contributed by atoms with van der Waals surface area (Å²) in [5.41, 5.74) is 6.78. The quantitative estimate of drug-likeness (QED) is 0.836. The van der Waals surface area contributed by atoms with Crippen LogP contribution in [0, 0.1) is 5.92 Å². The molecule has 1 aromatic carbocycles. The van der Waals surface area contributed by atoms with E-state index in [9.17, 15) is 4.79 Å². The van der Waals surface area contributed by atoms with Crippen LogP contribution in [-0.4, -0.2) is 30.7 Å². The fourth-order valence-corrected chi connectivity index (χ4v) is 2.55. The van der Waals surface area contributed by atoms with Crippen LogP contribution in [-0.2, 0) is 11.3 Å². The van der Waals surface area contributed by atoms with Gasteiger partial charge in [-0.2, -0.15) is 0 Å². The molecule has 0 aliphatic carbocycles. The van der Waals surface area contributed by atoms with Crippen LogP contribution in [0.4, 0.5) is 0 Å². The number of ether oxygens (including phenoxy) is 2. The van der Waals surface area contributed by atoms with E-state index in [1.165, 1.54) is 0 Å². The molecule has 1 atom stereocenters. The van der Waals surface area contributed by atoms with Crippen molar-refractivity contribution in [1.29, 1.82) is 0 Å². The zero-order chi connectivity index (χ0) is 15.2. The van der Waals surface area contributed by atoms with Gasteiger partial charge in [-0.3, -0.25) is 4.79 Å². The van der Waals surface area contributed by atoms with Gasteiger partial charge in [0.25, 0.3) is 0 Å². The van der Waals surface area contributed by atoms with E-state index in [0.717, 1.165) is 29.9 Å². The number of nitrogens with two attached hydrogens (primary N) is 1. The predicted octanol–water partition coefficient (Wildman–Crippen LogP) is 2.14. The van der Waals surface area contributed by atoms with Crippen LogP contribution in [0.25, 0.3) is 0 Å². The minimum Gasteiger partial charge on any atom is -0.454 e. The predicted molar refractivity (Wildman–Crippen MR) is 81.1 cm³/mol. The molecule has 1 aromatic rings. The molecule has 0 spiro atoms. The maximum Gasteiger partial charge on any atom is 0.231 e. The number of hydrogen-bond donors (Lipinski definition) is 1. The molecule has 0 radical (unpaired) electrons. The molecule has 1 aliphatic heterocycles. The van der Waals surface area contributed by atoms with Gasteiger partial charge in [0.2, 0.25) is 12.7 Å². The van der Waals surface area contributed by atoms with Crippen molar-refractivity contribution >= 4 is 5.91 Å². The highest BCUT2D eigenvalue weighted by molar-refractivity contribution is 5.79. The van der Waals surface area contributed by atoms with Gasteiger partial charge in [0.1, 0.15) is 0 Å². The van der Waals surface area contributed by atoms with E-state index in [1.54, 1.807) is 0 Å². The minimum absolute atomic E-state index is 0.0797. The Kier molecular flexibility index (Phi) is 5.44. The van der Waals surface area contributed by atoms with Crippen molar-refractivity contribution in [2.75, 3.05) is 19.9 Å². The van der Waals surface area contributed by atoms with Crippen LogP contribution in [0.3, 0.4) is 0 Å². The molecule has 5 heteroatoms. The van der Waals surface area contributed by atoms with Crippen molar-refractivity contribution in [3.63, 3.8) is 0 Å². The van der Waals surface area contributed by atoms with Crippen LogP contribution in [0.1, 0.15) is 32.3 Å². The Labute approximate surface area is 126 Å². The first-order chi connectivity index (χ1) is 10.2. The molecule has 21 heavy (non-hydrogen) atoms. The molecule has 116 valence electrons. The summed E-state index contributed by atoms with van der Waals surface area (Å²) in [6.07, 6.45) is 1.81. The first kappa shape index (κ1) is 15.6. The molecule has 0 fully saturated rings. The van der Waals surface area contributed by atoms with Crippen LogP contribution < -0.4 is 15.2 Å². The van der Waals surface area contributed by atoms with E-state index in [0.29, 0.717) is 19.6 Å². The van der Waals surface area contributed by atoms with Crippen molar-refractivity contribution in [1.82, 2.24) is 4.90 Å². The summed E-state index contributed by atoms with van der Waals surface area (Å²) < 4.78 is 10.7. The number of benzene rings is 1. The Morgan fingerprint density at radius 1 is 1.33 bits per heavy atom. The average molecular weight is 292 g/mol. The molecule has 0 saturated heterocycles. The normalized spacial score (nSPS) is 14.0. The molecule has 1 heterocycles. The van der Waals surface area contributed by atoms with Gasteiger partial charge >= 0.3 is 0 Å². The Balaban J connectivity index is 2.06. The topological polar surface area (TPSA) is 64.8 Å². The number of carbonyl (C=O) groups excluding carboxylic acids is 1. The summed E-state index contributed by atoms with van der Waals surface area (Å²) in [5, 5.41) is 0. The van der Waals surface area contributed by atoms with Crippen molar-refractivity contribution in [2.24, 2.45) is 11.7 Å². The molecule has 0 aromatic heterocycles. The Bertz CT molecular complexity index is 490. The van der Waals surface area contributed by atoms with Crippen LogP contribution in [0.5, 0.6) is 11.5 Å². The maximum atomic E-state index is 12.5. The SMILES string of the molecule is CCCC(CN)C(=O)N(CC)Cc1ccc2c(c1)OCO2. The second-order valence-electron chi connectivity index (χ2n) is 5.26. The molecule has 0 saturated carbocycles. The van der Waals surface area contributed by atoms with Gasteiger partial charge in [-0.15, -0.1) is 0 Å². The van der Waals surface area contributed by atoms with Crippen LogP contribution >= 0.6 is 0 Å². The lowest BCUT2D eigenvalue weighted by Gasteiger charge is -2.25. The Morgan fingerprint density at radius 2 is 2.10 bits per heavy atom. The zero-order valence-corrected chi connectivity index (χ0v) is 12.8. The highest BCUT2D eigenvalue weighted by atomic mass is 16.7. The number of hydrogen-bond acceptors (Lipinski definition) is 4. The summed E-state index contributed by atoms with van der Waals surface area (Å²) >= 11 is 0. The monoisotopic (exact) mass is 292 g/mol. The maximum absolute atomic E-state index is 12.5. The summed E-state index contributed by atoms with van der Waals surface area (Å²) in [6, 6.07) is 5.80. The van der Waals surface area contributed by atoms with Crippen LogP contribution in [0.15, 0.2) is 18.2 Å². The van der Waals surface area contributed by atoms with E-state index in [1.807, 2.05) is 30.0 Å². The zero-order valence-electron chi connectivity index (χ0n) is 12.8. The molecule has 0 bridgehead atoms. The summed E-state index contributed by atoms with van der Waals surface area (Å²) in [5.74, 6) is 1.57. The average Bonchev–Trinajstić information content (AvgIpc) is 2.97. The van der Waals surface area contributed by atoms with Gasteiger partial charge in [-0.1, -0.05) is 19.4 Å². The second kappa shape index (κ2) is 7.31. The minimum atomic E-state index is -0.0797. The lowest BCUT2D eigenvalue weighted by molar-refractivity contribution is -0.135. The number of fused-ring (bicyclic) bond motifs is 1. The summed E-state index contributed by atoms with van der Waals surface area (Å²) in [6.45, 7) is 5.99. The molecule has 1 aliphatic rings. The van der Waals surface area contributed by atoms with E-state index in [-0.39, 0.29) is 18.6 Å². The van der Waals surface area contributed by atoms with Gasteiger partial charge in [0, 0.05) is 19.6 Å². The Morgan fingerprint density at radius 3 is 2.76 bits per heavy atom. The van der Waals surface area contributed by atoms with Crippen molar-refractivity contribution in [3.8, 4) is 11.5 Å². The standard InChI is InChI=1S/C16H24N2O3/c1-3-5-13(9-17)16(19)18(4-2)10-12-6-7-14-15(8-12)21-11-20-14/h6-8,13H,3-5,9-11,17H2,1-2H3. The van der Waals surface area contributed by atoms with Crippen molar-refractivity contribution in [3.05, 3.63) is 23.8 Å². The summed E-state index contributed by atoms with van der Waals surface area (Å²) in [7, 11) is 0. The third-order valence-corrected chi connectivity index (χ3v) is 3.77. The van der Waals surface area contributed by atoms with Crippen molar-refractivity contribution in [2.45, 2.75) is 33.2 Å². The largest absolute Gasteiger partial charge is 0.454 e. The number of rotatable bonds is 7. The van der Waals surface area contributed by atoms with Crippen LogP contribution in [0.2, 0.25) is 0 Å². The third-order valence-electron chi connectivity index (χ3n) is 3.77. The molecular formula is C16H24N2O3. The van der Waals surface area contributed by atoms with Gasteiger partial charge < -0.3 is 20.1 Å². The molecular weight excluding hydrogens is 268 g/mol. The molecule has 2 N–H and O–H groups in total. The smallest absolute Gasteiger partial charge is 0.231 e. The van der Waals surface area contributed by atoms with E-state index in [2.05, 4.69) is 6.92 Å². The fourth-order valence-electron chi connectivity index (χ4n) is 2.55. The van der Waals surface area contributed by atoms with E-state index in [4.69, 9.17) is 15.2 Å². The third kappa shape index (κ3) is 3.67. The summed E-state index contributed by atoms with van der Waals surface area (Å²) in [4.78, 5) is 14.4. The lowest BCUT2D eigenvalue weighted by Crippen LogP contribution is -2.38. The number of nitrogens with zero attached hydrogens (tertiary/aromatic N) is 1. The van der Waals surface area contributed by atoms with Gasteiger partial charge in [-0.25, -0.2) is 0 Å². The first-order valence-corrected chi connectivity index (χ1v) is 7.57. The highest BCUT2D eigenvalue weighted by Crippen LogP contribution is 2.32. The lowest BCUT2D eigenvalue weighted by atomic mass is 10.0. The Hall–Kier alpha value is -1.75. The number of carbonyl (C=O) groups is 1. The van der Waals surface area contributed by atoms with Gasteiger partial charge in [0.15, 0.2) is 11.5 Å². The van der Waals surface area contributed by atoms with E-state index >= 15 is 0 Å². The highest BCUT2D eigenvalue weighted by Gasteiger charge is 2.22. The first-order valence-electron chi connectivity index (χ1n) is 7.57. The molecule has 5 nitrogen and oxygen atoms in total. The number of amides is 1. The molecule has 1 unspecified atom stereocenters.